The Balaban J connectivity index is 1.82. The largest absolute Gasteiger partial charge is 0.497 e. The number of aromatic nitrogens is 2. The Bertz CT molecular complexity index is 1040. The van der Waals surface area contributed by atoms with Crippen molar-refractivity contribution in [1.29, 1.82) is 0 Å². The molecule has 2 aromatic carbocycles. The molecule has 0 radical (unpaired) electrons. The maximum Gasteiger partial charge on any atom is 0.267 e. The molecule has 0 aliphatic rings. The maximum absolute atomic E-state index is 12.4. The van der Waals surface area contributed by atoms with E-state index in [0.717, 1.165) is 4.68 Å². The maximum atomic E-state index is 12.4. The van der Waals surface area contributed by atoms with Crippen LogP contribution in [0.5, 0.6) is 11.5 Å². The van der Waals surface area contributed by atoms with Crippen LogP contribution in [0.4, 0.5) is 5.69 Å². The van der Waals surface area contributed by atoms with Gasteiger partial charge in [-0.05, 0) is 12.1 Å². The highest BCUT2D eigenvalue weighted by molar-refractivity contribution is 6.33. The van der Waals surface area contributed by atoms with Gasteiger partial charge < -0.3 is 14.8 Å². The number of carbonyl (C=O) groups excluding carboxylic acids is 1. The van der Waals surface area contributed by atoms with E-state index in [-0.39, 0.29) is 6.54 Å². The first-order valence-electron chi connectivity index (χ1n) is 8.36. The van der Waals surface area contributed by atoms with Gasteiger partial charge in [0.05, 0.1) is 24.9 Å². The highest BCUT2D eigenvalue weighted by atomic mass is 35.5. The summed E-state index contributed by atoms with van der Waals surface area (Å²) in [6.07, 6.45) is 0. The van der Waals surface area contributed by atoms with Gasteiger partial charge in [-0.15, -0.1) is 0 Å². The minimum Gasteiger partial charge on any atom is -0.497 e. The first-order valence-corrected chi connectivity index (χ1v) is 8.74. The topological polar surface area (TPSA) is 82.5 Å². The Labute approximate surface area is 166 Å². The number of benzene rings is 2. The lowest BCUT2D eigenvalue weighted by atomic mass is 10.1. The molecular weight excluding hydrogens is 382 g/mol. The normalized spacial score (nSPS) is 10.4. The van der Waals surface area contributed by atoms with Crippen molar-refractivity contribution in [2.45, 2.75) is 6.54 Å². The molecular formula is C20H18ClN3O4. The van der Waals surface area contributed by atoms with Crippen LogP contribution < -0.4 is 20.3 Å². The predicted octanol–water partition coefficient (Wildman–Crippen LogP) is 3.22. The molecule has 0 unspecified atom stereocenters. The standard InChI is InChI=1S/C20H18ClN3O4/c1-27-14-9-13(10-15(11-14)28-2)22-19(25)12-24-20(26)8-7-18(23-24)16-5-3-4-6-17(16)21/h3-11H,12H2,1-2H3,(H,22,25). The van der Waals surface area contributed by atoms with Gasteiger partial charge in [0.1, 0.15) is 18.0 Å². The van der Waals surface area contributed by atoms with Gasteiger partial charge in [-0.25, -0.2) is 4.68 Å². The smallest absolute Gasteiger partial charge is 0.267 e. The molecule has 0 saturated heterocycles. The van der Waals surface area contributed by atoms with E-state index in [1.54, 1.807) is 42.5 Å². The summed E-state index contributed by atoms with van der Waals surface area (Å²) in [6.45, 7) is -0.253. The summed E-state index contributed by atoms with van der Waals surface area (Å²) < 4.78 is 11.5. The fourth-order valence-corrected chi connectivity index (χ4v) is 2.82. The number of anilines is 1. The first kappa shape index (κ1) is 19.4. The van der Waals surface area contributed by atoms with Crippen LogP contribution in [0, 0.1) is 0 Å². The number of ether oxygens (including phenoxy) is 2. The number of methoxy groups -OCH3 is 2. The molecule has 0 bridgehead atoms. The second kappa shape index (κ2) is 8.58. The van der Waals surface area contributed by atoms with Crippen LogP contribution >= 0.6 is 11.6 Å². The Hall–Kier alpha value is -3.32. The van der Waals surface area contributed by atoms with Gasteiger partial charge in [0.2, 0.25) is 5.91 Å². The highest BCUT2D eigenvalue weighted by Gasteiger charge is 2.11. The predicted molar refractivity (Wildman–Crippen MR) is 107 cm³/mol. The van der Waals surface area contributed by atoms with Crippen molar-refractivity contribution < 1.29 is 14.3 Å². The molecule has 0 aliphatic carbocycles. The zero-order chi connectivity index (χ0) is 20.1. The van der Waals surface area contributed by atoms with Crippen molar-refractivity contribution in [3.63, 3.8) is 0 Å². The number of carbonyl (C=O) groups is 1. The summed E-state index contributed by atoms with van der Waals surface area (Å²) in [5, 5.41) is 7.48. The molecule has 8 heteroatoms. The van der Waals surface area contributed by atoms with E-state index in [1.807, 2.05) is 6.07 Å². The number of rotatable bonds is 6. The Kier molecular flexibility index (Phi) is 5.96. The van der Waals surface area contributed by atoms with Crippen molar-refractivity contribution in [2.24, 2.45) is 0 Å². The van der Waals surface area contributed by atoms with E-state index >= 15 is 0 Å². The quantitative estimate of drug-likeness (QED) is 0.688. The van der Waals surface area contributed by atoms with E-state index in [4.69, 9.17) is 21.1 Å². The number of hydrogen-bond acceptors (Lipinski definition) is 5. The Morgan fingerprint density at radius 2 is 1.75 bits per heavy atom. The molecule has 0 fully saturated rings. The van der Waals surface area contributed by atoms with E-state index in [9.17, 15) is 9.59 Å². The van der Waals surface area contributed by atoms with Crippen molar-refractivity contribution in [2.75, 3.05) is 19.5 Å². The van der Waals surface area contributed by atoms with E-state index in [1.165, 1.54) is 20.3 Å². The molecule has 1 aromatic heterocycles. The summed E-state index contributed by atoms with van der Waals surface area (Å²) in [5.41, 5.74) is 1.27. The van der Waals surface area contributed by atoms with Crippen LogP contribution in [-0.2, 0) is 11.3 Å². The Morgan fingerprint density at radius 1 is 1.07 bits per heavy atom. The number of nitrogens with zero attached hydrogens (tertiary/aromatic N) is 2. The van der Waals surface area contributed by atoms with E-state index in [2.05, 4.69) is 10.4 Å². The summed E-state index contributed by atoms with van der Waals surface area (Å²) in [5.74, 6) is 0.650. The molecule has 1 N–H and O–H groups in total. The SMILES string of the molecule is COc1cc(NC(=O)Cn2nc(-c3ccccc3Cl)ccc2=O)cc(OC)c1. The third-order valence-corrected chi connectivity index (χ3v) is 4.27. The first-order chi connectivity index (χ1) is 13.5. The molecule has 1 heterocycles. The third-order valence-electron chi connectivity index (χ3n) is 3.95. The number of amides is 1. The van der Waals surface area contributed by atoms with Gasteiger partial charge in [0.25, 0.3) is 5.56 Å². The van der Waals surface area contributed by atoms with Crippen molar-refractivity contribution in [3.8, 4) is 22.8 Å². The lowest BCUT2D eigenvalue weighted by Crippen LogP contribution is -2.29. The monoisotopic (exact) mass is 399 g/mol. The summed E-state index contributed by atoms with van der Waals surface area (Å²) in [7, 11) is 3.04. The fourth-order valence-electron chi connectivity index (χ4n) is 2.59. The van der Waals surface area contributed by atoms with Crippen LogP contribution in [0.25, 0.3) is 11.3 Å². The van der Waals surface area contributed by atoms with Gasteiger partial charge in [0, 0.05) is 35.5 Å². The fraction of sp³-hybridized carbons (Fsp3) is 0.150. The van der Waals surface area contributed by atoms with Crippen molar-refractivity contribution >= 4 is 23.2 Å². The summed E-state index contributed by atoms with van der Waals surface area (Å²) >= 11 is 6.19. The Morgan fingerprint density at radius 3 is 2.39 bits per heavy atom. The van der Waals surface area contributed by atoms with Crippen LogP contribution in [0.3, 0.4) is 0 Å². The lowest BCUT2D eigenvalue weighted by molar-refractivity contribution is -0.117. The van der Waals surface area contributed by atoms with Crippen molar-refractivity contribution in [3.05, 3.63) is 70.0 Å². The van der Waals surface area contributed by atoms with Crippen LogP contribution in [0.2, 0.25) is 5.02 Å². The number of halogens is 1. The van der Waals surface area contributed by atoms with Crippen LogP contribution in [-0.4, -0.2) is 29.9 Å². The number of hydrogen-bond donors (Lipinski definition) is 1. The molecule has 3 rings (SSSR count). The minimum atomic E-state index is -0.416. The van der Waals surface area contributed by atoms with Gasteiger partial charge in [0.15, 0.2) is 0 Å². The molecule has 0 aliphatic heterocycles. The zero-order valence-electron chi connectivity index (χ0n) is 15.3. The second-order valence-corrected chi connectivity index (χ2v) is 6.25. The molecule has 0 saturated carbocycles. The second-order valence-electron chi connectivity index (χ2n) is 5.84. The van der Waals surface area contributed by atoms with Crippen molar-refractivity contribution in [1.82, 2.24) is 9.78 Å². The molecule has 1 amide bonds. The van der Waals surface area contributed by atoms with E-state index < -0.39 is 11.5 Å². The van der Waals surface area contributed by atoms with Crippen LogP contribution in [0.1, 0.15) is 0 Å². The van der Waals surface area contributed by atoms with E-state index in [0.29, 0.717) is 33.5 Å². The third kappa shape index (κ3) is 4.50. The lowest BCUT2D eigenvalue weighted by Gasteiger charge is -2.11. The van der Waals surface area contributed by atoms with Gasteiger partial charge in [-0.2, -0.15) is 5.10 Å². The van der Waals surface area contributed by atoms with Gasteiger partial charge >= 0.3 is 0 Å². The summed E-state index contributed by atoms with van der Waals surface area (Å²) in [4.78, 5) is 24.6. The molecule has 0 atom stereocenters. The average molecular weight is 400 g/mol. The molecule has 3 aromatic rings. The van der Waals surface area contributed by atoms with Gasteiger partial charge in [-0.1, -0.05) is 29.8 Å². The summed E-state index contributed by atoms with van der Waals surface area (Å²) in [6, 6.07) is 15.1. The molecule has 28 heavy (non-hydrogen) atoms. The average Bonchev–Trinajstić information content (AvgIpc) is 2.69. The molecule has 7 nitrogen and oxygen atoms in total. The van der Waals surface area contributed by atoms with Crippen LogP contribution in [0.15, 0.2) is 59.4 Å². The number of nitrogens with one attached hydrogen (secondary N) is 1. The highest BCUT2D eigenvalue weighted by Crippen LogP contribution is 2.26. The van der Waals surface area contributed by atoms with Gasteiger partial charge in [-0.3, -0.25) is 9.59 Å². The molecule has 0 spiro atoms. The minimum absolute atomic E-state index is 0.253. The molecule has 144 valence electrons. The zero-order valence-corrected chi connectivity index (χ0v) is 16.1.